The molecule has 0 spiro atoms. The fourth-order valence-corrected chi connectivity index (χ4v) is 5.11. The number of ether oxygens (including phenoxy) is 2. The highest BCUT2D eigenvalue weighted by molar-refractivity contribution is 5.82. The van der Waals surface area contributed by atoms with Crippen LogP contribution in [0.2, 0.25) is 0 Å². The van der Waals surface area contributed by atoms with Gasteiger partial charge in [0.25, 0.3) is 0 Å². The highest BCUT2D eigenvalue weighted by atomic mass is 16.5. The lowest BCUT2D eigenvalue weighted by molar-refractivity contribution is 0.238. The van der Waals surface area contributed by atoms with E-state index in [1.54, 1.807) is 0 Å². The molecule has 0 amide bonds. The van der Waals surface area contributed by atoms with Crippen molar-refractivity contribution >= 4 is 11.0 Å². The Kier molecular flexibility index (Phi) is 8.04. The lowest BCUT2D eigenvalue weighted by Gasteiger charge is -2.19. The molecule has 1 aromatic heterocycles. The lowest BCUT2D eigenvalue weighted by Crippen LogP contribution is -2.25. The van der Waals surface area contributed by atoms with Gasteiger partial charge < -0.3 is 14.0 Å². The van der Waals surface area contributed by atoms with Crippen molar-refractivity contribution in [2.24, 2.45) is 0 Å². The minimum atomic E-state index is 0.121. The first-order valence-corrected chi connectivity index (χ1v) is 14.1. The summed E-state index contributed by atoms with van der Waals surface area (Å²) in [5.41, 5.74) is 4.57. The van der Waals surface area contributed by atoms with Gasteiger partial charge in [-0.3, -0.25) is 4.90 Å². The smallest absolute Gasteiger partial charge is 0.141 e. The standard InChI is InChI=1S/C33H41N3O2/c1-5-6-20-36-31-24-29(38-27-14-12-26(13-15-27)33(2,3)4)16-17-30(31)34-32(36)25-10-9-11-28(23-25)37-22-21-35-18-7-8-19-35/h9-17,23-24H,5-8,18-22H2,1-4H3. The highest BCUT2D eigenvalue weighted by Crippen LogP contribution is 2.32. The summed E-state index contributed by atoms with van der Waals surface area (Å²) in [6, 6.07) is 23.0. The molecule has 1 aliphatic heterocycles. The predicted octanol–water partition coefficient (Wildman–Crippen LogP) is 8.07. The Bertz CT molecular complexity index is 1350. The molecule has 38 heavy (non-hydrogen) atoms. The molecule has 5 nitrogen and oxygen atoms in total. The van der Waals surface area contributed by atoms with Gasteiger partial charge in [-0.15, -0.1) is 0 Å². The van der Waals surface area contributed by atoms with Crippen LogP contribution in [0.25, 0.3) is 22.4 Å². The van der Waals surface area contributed by atoms with E-state index in [9.17, 15) is 0 Å². The molecule has 0 radical (unpaired) electrons. The summed E-state index contributed by atoms with van der Waals surface area (Å²) in [5, 5.41) is 0. The van der Waals surface area contributed by atoms with Crippen LogP contribution in [-0.2, 0) is 12.0 Å². The van der Waals surface area contributed by atoms with Crippen molar-refractivity contribution in [1.82, 2.24) is 14.5 Å². The monoisotopic (exact) mass is 511 g/mol. The SMILES string of the molecule is CCCCn1c(-c2cccc(OCCN3CCCC3)c2)nc2ccc(Oc3ccc(C(C)(C)C)cc3)cc21. The molecule has 2 heterocycles. The van der Waals surface area contributed by atoms with Crippen molar-refractivity contribution in [3.63, 3.8) is 0 Å². The quantitative estimate of drug-likeness (QED) is 0.216. The number of likely N-dealkylation sites (tertiary alicyclic amines) is 1. The number of aromatic nitrogens is 2. The Hall–Kier alpha value is -3.31. The van der Waals surface area contributed by atoms with E-state index in [4.69, 9.17) is 14.5 Å². The van der Waals surface area contributed by atoms with E-state index < -0.39 is 0 Å². The van der Waals surface area contributed by atoms with Crippen LogP contribution in [0.1, 0.15) is 58.9 Å². The molecule has 0 N–H and O–H groups in total. The molecule has 3 aromatic carbocycles. The highest BCUT2D eigenvalue weighted by Gasteiger charge is 2.16. The minimum Gasteiger partial charge on any atom is -0.492 e. The maximum Gasteiger partial charge on any atom is 0.141 e. The Morgan fingerprint density at radius 2 is 1.61 bits per heavy atom. The summed E-state index contributed by atoms with van der Waals surface area (Å²) in [5.74, 6) is 3.55. The fraction of sp³-hybridized carbons (Fsp3) is 0.424. The van der Waals surface area contributed by atoms with Crippen LogP contribution in [0.3, 0.4) is 0 Å². The number of fused-ring (bicyclic) bond motifs is 1. The third-order valence-corrected chi connectivity index (χ3v) is 7.38. The first kappa shape index (κ1) is 26.3. The molecule has 200 valence electrons. The average Bonchev–Trinajstić information content (AvgIpc) is 3.55. The number of imidazole rings is 1. The summed E-state index contributed by atoms with van der Waals surface area (Å²) in [6.07, 6.45) is 4.82. The van der Waals surface area contributed by atoms with Crippen molar-refractivity contribution in [2.45, 2.75) is 65.3 Å². The number of benzene rings is 3. The van der Waals surface area contributed by atoms with E-state index in [0.717, 1.165) is 65.6 Å². The van der Waals surface area contributed by atoms with Crippen LogP contribution in [0.5, 0.6) is 17.2 Å². The van der Waals surface area contributed by atoms with Crippen LogP contribution in [0, 0.1) is 0 Å². The van der Waals surface area contributed by atoms with Crippen LogP contribution < -0.4 is 9.47 Å². The average molecular weight is 512 g/mol. The van der Waals surface area contributed by atoms with E-state index >= 15 is 0 Å². The summed E-state index contributed by atoms with van der Waals surface area (Å²) in [7, 11) is 0. The maximum absolute atomic E-state index is 6.27. The van der Waals surface area contributed by atoms with Gasteiger partial charge in [0.15, 0.2) is 0 Å². The number of aryl methyl sites for hydroxylation is 1. The molecule has 5 heteroatoms. The zero-order chi connectivity index (χ0) is 26.5. The minimum absolute atomic E-state index is 0.121. The van der Waals surface area contributed by atoms with Gasteiger partial charge in [-0.05, 0) is 79.7 Å². The van der Waals surface area contributed by atoms with Crippen LogP contribution in [0.4, 0.5) is 0 Å². The Morgan fingerprint density at radius 1 is 0.842 bits per heavy atom. The van der Waals surface area contributed by atoms with Gasteiger partial charge in [-0.25, -0.2) is 4.98 Å². The lowest BCUT2D eigenvalue weighted by atomic mass is 9.87. The second-order valence-corrected chi connectivity index (χ2v) is 11.4. The summed E-state index contributed by atoms with van der Waals surface area (Å²) >= 11 is 0. The van der Waals surface area contributed by atoms with Crippen LogP contribution in [-0.4, -0.2) is 40.7 Å². The molecule has 0 atom stereocenters. The third kappa shape index (κ3) is 6.21. The van der Waals surface area contributed by atoms with Gasteiger partial charge in [-0.1, -0.05) is 58.4 Å². The maximum atomic E-state index is 6.27. The fourth-order valence-electron chi connectivity index (χ4n) is 5.11. The van der Waals surface area contributed by atoms with E-state index in [1.165, 1.54) is 31.5 Å². The Morgan fingerprint density at radius 3 is 2.34 bits per heavy atom. The van der Waals surface area contributed by atoms with Crippen molar-refractivity contribution < 1.29 is 9.47 Å². The van der Waals surface area contributed by atoms with Gasteiger partial charge in [0.2, 0.25) is 0 Å². The Labute approximate surface area is 227 Å². The van der Waals surface area contributed by atoms with Gasteiger partial charge in [0.1, 0.15) is 29.7 Å². The molecule has 0 aliphatic carbocycles. The van der Waals surface area contributed by atoms with Crippen molar-refractivity contribution in [1.29, 1.82) is 0 Å². The molecule has 4 aromatic rings. The number of hydrogen-bond acceptors (Lipinski definition) is 4. The molecular formula is C33H41N3O2. The molecule has 0 saturated carbocycles. The van der Waals surface area contributed by atoms with Crippen molar-refractivity contribution in [3.05, 3.63) is 72.3 Å². The van der Waals surface area contributed by atoms with Gasteiger partial charge in [0.05, 0.1) is 11.0 Å². The molecule has 1 fully saturated rings. The van der Waals surface area contributed by atoms with E-state index in [2.05, 4.69) is 91.8 Å². The number of hydrogen-bond donors (Lipinski definition) is 0. The second-order valence-electron chi connectivity index (χ2n) is 11.4. The van der Waals surface area contributed by atoms with Gasteiger partial charge >= 0.3 is 0 Å². The number of nitrogens with zero attached hydrogens (tertiary/aromatic N) is 3. The van der Waals surface area contributed by atoms with E-state index in [1.807, 2.05) is 12.1 Å². The van der Waals surface area contributed by atoms with Gasteiger partial charge in [-0.2, -0.15) is 0 Å². The summed E-state index contributed by atoms with van der Waals surface area (Å²) in [6.45, 7) is 13.9. The van der Waals surface area contributed by atoms with Gasteiger partial charge in [0, 0.05) is 24.7 Å². The number of rotatable bonds is 10. The largest absolute Gasteiger partial charge is 0.492 e. The van der Waals surface area contributed by atoms with Crippen molar-refractivity contribution in [3.8, 4) is 28.6 Å². The van der Waals surface area contributed by atoms with Crippen LogP contribution in [0.15, 0.2) is 66.7 Å². The van der Waals surface area contributed by atoms with E-state index in [-0.39, 0.29) is 5.41 Å². The Balaban J connectivity index is 1.39. The molecule has 1 saturated heterocycles. The first-order valence-electron chi connectivity index (χ1n) is 14.1. The summed E-state index contributed by atoms with van der Waals surface area (Å²) < 4.78 is 14.7. The molecular weight excluding hydrogens is 470 g/mol. The molecule has 5 rings (SSSR count). The van der Waals surface area contributed by atoms with E-state index in [0.29, 0.717) is 6.61 Å². The zero-order valence-electron chi connectivity index (χ0n) is 23.4. The zero-order valence-corrected chi connectivity index (χ0v) is 23.4. The second kappa shape index (κ2) is 11.6. The topological polar surface area (TPSA) is 39.5 Å². The number of unbranched alkanes of at least 4 members (excludes halogenated alkanes) is 1. The summed E-state index contributed by atoms with van der Waals surface area (Å²) in [4.78, 5) is 7.53. The van der Waals surface area contributed by atoms with Crippen molar-refractivity contribution in [2.75, 3.05) is 26.2 Å². The van der Waals surface area contributed by atoms with Crippen LogP contribution >= 0.6 is 0 Å². The molecule has 0 bridgehead atoms. The first-order chi connectivity index (χ1) is 18.4. The molecule has 1 aliphatic rings. The molecule has 0 unspecified atom stereocenters. The normalized spacial score (nSPS) is 14.3. The predicted molar refractivity (Wildman–Crippen MR) is 156 cm³/mol. The third-order valence-electron chi connectivity index (χ3n) is 7.38.